The molecule has 9 heteroatoms. The number of tetrazole rings is 1. The van der Waals surface area contributed by atoms with E-state index >= 15 is 0 Å². The van der Waals surface area contributed by atoms with Gasteiger partial charge in [-0.1, -0.05) is 26.0 Å². The lowest BCUT2D eigenvalue weighted by atomic mass is 10.0. The standard InChI is InChI=1S/C21H31FN6O.ClH/c1-16(2)14-20(21-23-24-25-28(21)15-17-6-5-13-29-17)27-11-9-26(10-12-27)19-8-4-3-7-18(19)22;/h3-4,7-8,16-17,20H,5-6,9-15H2,1-2H3;1H. The lowest BCUT2D eigenvalue weighted by molar-refractivity contribution is 0.0884. The van der Waals surface area contributed by atoms with E-state index in [1.807, 2.05) is 16.8 Å². The van der Waals surface area contributed by atoms with Crippen molar-refractivity contribution in [2.75, 3.05) is 37.7 Å². The van der Waals surface area contributed by atoms with E-state index in [0.29, 0.717) is 18.2 Å². The lowest BCUT2D eigenvalue weighted by Gasteiger charge is -2.40. The second-order valence-corrected chi connectivity index (χ2v) is 8.47. The Kier molecular flexibility index (Phi) is 8.02. The van der Waals surface area contributed by atoms with Gasteiger partial charge in [0.2, 0.25) is 0 Å². The maximum Gasteiger partial charge on any atom is 0.168 e. The van der Waals surface area contributed by atoms with Gasteiger partial charge in [-0.15, -0.1) is 17.5 Å². The predicted molar refractivity (Wildman–Crippen MR) is 116 cm³/mol. The summed E-state index contributed by atoms with van der Waals surface area (Å²) in [7, 11) is 0. The van der Waals surface area contributed by atoms with Gasteiger partial charge >= 0.3 is 0 Å². The van der Waals surface area contributed by atoms with Crippen LogP contribution < -0.4 is 4.90 Å². The van der Waals surface area contributed by atoms with Gasteiger partial charge < -0.3 is 9.64 Å². The molecule has 1 aromatic carbocycles. The van der Waals surface area contributed by atoms with Crippen LogP contribution in [0.2, 0.25) is 0 Å². The number of hydrogen-bond donors (Lipinski definition) is 0. The van der Waals surface area contributed by atoms with Crippen molar-refractivity contribution in [1.29, 1.82) is 0 Å². The lowest BCUT2D eigenvalue weighted by Crippen LogP contribution is -2.48. The first-order valence-electron chi connectivity index (χ1n) is 10.7. The van der Waals surface area contributed by atoms with Gasteiger partial charge in [-0.25, -0.2) is 9.07 Å². The second kappa shape index (κ2) is 10.5. The number of hydrogen-bond acceptors (Lipinski definition) is 6. The van der Waals surface area contributed by atoms with Gasteiger partial charge in [-0.3, -0.25) is 4.90 Å². The molecule has 0 spiro atoms. The number of benzene rings is 1. The molecular formula is C21H32ClFN6O. The Balaban J connectivity index is 0.00000256. The fourth-order valence-electron chi connectivity index (χ4n) is 4.41. The Morgan fingerprint density at radius 2 is 1.93 bits per heavy atom. The van der Waals surface area contributed by atoms with E-state index in [9.17, 15) is 4.39 Å². The molecule has 0 radical (unpaired) electrons. The quantitative estimate of drug-likeness (QED) is 0.660. The summed E-state index contributed by atoms with van der Waals surface area (Å²) >= 11 is 0. The maximum atomic E-state index is 14.2. The Labute approximate surface area is 184 Å². The number of anilines is 1. The van der Waals surface area contributed by atoms with Crippen molar-refractivity contribution in [2.45, 2.75) is 51.8 Å². The number of halogens is 2. The fraction of sp³-hybridized carbons (Fsp3) is 0.667. The van der Waals surface area contributed by atoms with Gasteiger partial charge in [0.15, 0.2) is 5.82 Å². The highest BCUT2D eigenvalue weighted by molar-refractivity contribution is 5.85. The molecule has 0 saturated carbocycles. The van der Waals surface area contributed by atoms with E-state index in [-0.39, 0.29) is 30.4 Å². The minimum absolute atomic E-state index is 0. The molecule has 4 rings (SSSR count). The third-order valence-electron chi connectivity index (χ3n) is 5.90. The molecule has 2 unspecified atom stereocenters. The van der Waals surface area contributed by atoms with Crippen LogP contribution in [-0.4, -0.2) is 64.0 Å². The Morgan fingerprint density at radius 1 is 1.17 bits per heavy atom. The van der Waals surface area contributed by atoms with Crippen LogP contribution in [0, 0.1) is 11.7 Å². The van der Waals surface area contributed by atoms with Crippen LogP contribution in [0.5, 0.6) is 0 Å². The number of nitrogens with zero attached hydrogens (tertiary/aromatic N) is 6. The highest BCUT2D eigenvalue weighted by Crippen LogP contribution is 2.29. The average Bonchev–Trinajstić information content (AvgIpc) is 3.39. The zero-order chi connectivity index (χ0) is 20.2. The molecule has 0 N–H and O–H groups in total. The van der Waals surface area contributed by atoms with Gasteiger partial charge in [-0.05, 0) is 47.7 Å². The van der Waals surface area contributed by atoms with Crippen LogP contribution in [0.25, 0.3) is 0 Å². The smallest absolute Gasteiger partial charge is 0.168 e. The van der Waals surface area contributed by atoms with Crippen molar-refractivity contribution >= 4 is 18.1 Å². The van der Waals surface area contributed by atoms with Gasteiger partial charge in [0.05, 0.1) is 24.4 Å². The third-order valence-corrected chi connectivity index (χ3v) is 5.90. The van der Waals surface area contributed by atoms with E-state index in [1.165, 1.54) is 6.07 Å². The molecular weight excluding hydrogens is 407 g/mol. The molecule has 2 aliphatic rings. The second-order valence-electron chi connectivity index (χ2n) is 8.47. The first kappa shape index (κ1) is 22.9. The molecule has 1 aromatic heterocycles. The van der Waals surface area contributed by atoms with Gasteiger partial charge in [0, 0.05) is 32.8 Å². The predicted octanol–water partition coefficient (Wildman–Crippen LogP) is 3.32. The van der Waals surface area contributed by atoms with Crippen molar-refractivity contribution in [3.05, 3.63) is 35.9 Å². The molecule has 0 amide bonds. The average molecular weight is 439 g/mol. The van der Waals surface area contributed by atoms with Crippen LogP contribution in [0.15, 0.2) is 24.3 Å². The first-order valence-corrected chi connectivity index (χ1v) is 10.7. The van der Waals surface area contributed by atoms with Gasteiger partial charge in [0.25, 0.3) is 0 Å². The number of rotatable bonds is 7. The van der Waals surface area contributed by atoms with Crippen LogP contribution >= 0.6 is 12.4 Å². The van der Waals surface area contributed by atoms with Crippen molar-refractivity contribution < 1.29 is 9.13 Å². The summed E-state index contributed by atoms with van der Waals surface area (Å²) in [4.78, 5) is 4.59. The Bertz CT molecular complexity index is 789. The van der Waals surface area contributed by atoms with Crippen LogP contribution in [0.3, 0.4) is 0 Å². The van der Waals surface area contributed by atoms with E-state index in [1.54, 1.807) is 6.07 Å². The minimum atomic E-state index is -0.153. The molecule has 7 nitrogen and oxygen atoms in total. The monoisotopic (exact) mass is 438 g/mol. The Hall–Kier alpha value is -1.77. The van der Waals surface area contributed by atoms with E-state index in [2.05, 4.69) is 39.2 Å². The number of para-hydroxylation sites is 1. The number of ether oxygens (including phenoxy) is 1. The SMILES string of the molecule is CC(C)CC(c1nnnn1CC1CCCO1)N1CCN(c2ccccc2F)CC1.Cl. The summed E-state index contributed by atoms with van der Waals surface area (Å²) in [5.41, 5.74) is 0.691. The zero-order valence-corrected chi connectivity index (χ0v) is 18.6. The highest BCUT2D eigenvalue weighted by Gasteiger charge is 2.31. The van der Waals surface area contributed by atoms with Crippen molar-refractivity contribution in [1.82, 2.24) is 25.1 Å². The first-order chi connectivity index (χ1) is 14.1. The number of aromatic nitrogens is 4. The molecule has 3 heterocycles. The normalized spacial score (nSPS) is 21.1. The van der Waals surface area contributed by atoms with E-state index in [0.717, 1.165) is 57.9 Å². The molecule has 2 atom stereocenters. The van der Waals surface area contributed by atoms with Crippen LogP contribution in [0.1, 0.15) is 45.0 Å². The van der Waals surface area contributed by atoms with Gasteiger partial charge in [0.1, 0.15) is 5.82 Å². The zero-order valence-electron chi connectivity index (χ0n) is 17.8. The summed E-state index contributed by atoms with van der Waals surface area (Å²) in [6.45, 7) is 9.32. The van der Waals surface area contributed by atoms with Crippen LogP contribution in [-0.2, 0) is 11.3 Å². The molecule has 2 saturated heterocycles. The molecule has 0 aliphatic carbocycles. The molecule has 30 heavy (non-hydrogen) atoms. The maximum absolute atomic E-state index is 14.2. The summed E-state index contributed by atoms with van der Waals surface area (Å²) in [6.07, 6.45) is 3.37. The summed E-state index contributed by atoms with van der Waals surface area (Å²) in [6, 6.07) is 7.18. The van der Waals surface area contributed by atoms with Crippen molar-refractivity contribution in [3.8, 4) is 0 Å². The summed E-state index contributed by atoms with van der Waals surface area (Å²) in [5, 5.41) is 12.7. The Morgan fingerprint density at radius 3 is 2.60 bits per heavy atom. The highest BCUT2D eigenvalue weighted by atomic mass is 35.5. The summed E-state index contributed by atoms with van der Waals surface area (Å²) in [5.74, 6) is 1.30. The van der Waals surface area contributed by atoms with E-state index < -0.39 is 0 Å². The van der Waals surface area contributed by atoms with E-state index in [4.69, 9.17) is 4.74 Å². The molecule has 2 aliphatic heterocycles. The third kappa shape index (κ3) is 5.28. The van der Waals surface area contributed by atoms with Crippen molar-refractivity contribution in [3.63, 3.8) is 0 Å². The van der Waals surface area contributed by atoms with Crippen LogP contribution in [0.4, 0.5) is 10.1 Å². The molecule has 0 bridgehead atoms. The molecule has 2 aromatic rings. The summed E-state index contributed by atoms with van der Waals surface area (Å²) < 4.78 is 21.9. The fourth-order valence-corrected chi connectivity index (χ4v) is 4.41. The molecule has 2 fully saturated rings. The molecule has 166 valence electrons. The minimum Gasteiger partial charge on any atom is -0.376 e. The largest absolute Gasteiger partial charge is 0.376 e. The van der Waals surface area contributed by atoms with Crippen molar-refractivity contribution in [2.24, 2.45) is 5.92 Å². The van der Waals surface area contributed by atoms with Gasteiger partial charge in [-0.2, -0.15) is 0 Å². The topological polar surface area (TPSA) is 59.3 Å². The number of piperazine rings is 1.